The van der Waals surface area contributed by atoms with Gasteiger partial charge in [-0.25, -0.2) is 14.2 Å². The third-order valence-electron chi connectivity index (χ3n) is 3.71. The molecule has 1 amide bonds. The van der Waals surface area contributed by atoms with Gasteiger partial charge < -0.3 is 14.7 Å². The summed E-state index contributed by atoms with van der Waals surface area (Å²) >= 11 is 1.22. The largest absolute Gasteiger partial charge is 0.480 e. The fraction of sp³-hybridized carbons (Fsp3) is 0.312. The highest BCUT2D eigenvalue weighted by molar-refractivity contribution is 7.13. The molecule has 1 aromatic carbocycles. The maximum absolute atomic E-state index is 12.9. The van der Waals surface area contributed by atoms with Crippen molar-refractivity contribution >= 4 is 23.2 Å². The molecule has 0 unspecified atom stereocenters. The Morgan fingerprint density at radius 1 is 1.38 bits per heavy atom. The summed E-state index contributed by atoms with van der Waals surface area (Å²) in [6, 6.07) is 5.11. The summed E-state index contributed by atoms with van der Waals surface area (Å²) < 4.78 is 18.1. The summed E-state index contributed by atoms with van der Waals surface area (Å²) in [4.78, 5) is 29.7. The summed E-state index contributed by atoms with van der Waals surface area (Å²) in [6.45, 7) is 0.542. The lowest BCUT2D eigenvalue weighted by molar-refractivity contribution is -0.147. The van der Waals surface area contributed by atoms with E-state index >= 15 is 0 Å². The van der Waals surface area contributed by atoms with E-state index in [-0.39, 0.29) is 24.9 Å². The van der Waals surface area contributed by atoms with Crippen molar-refractivity contribution in [1.29, 1.82) is 0 Å². The van der Waals surface area contributed by atoms with E-state index in [1.54, 1.807) is 12.1 Å². The maximum Gasteiger partial charge on any atom is 0.328 e. The number of aliphatic carboxylic acids is 1. The Labute approximate surface area is 141 Å². The van der Waals surface area contributed by atoms with E-state index in [1.165, 1.54) is 34.6 Å². The van der Waals surface area contributed by atoms with Crippen LogP contribution in [-0.2, 0) is 16.0 Å². The number of halogens is 1. The minimum atomic E-state index is -1.08. The van der Waals surface area contributed by atoms with Crippen LogP contribution in [0.2, 0.25) is 0 Å². The molecule has 2 heterocycles. The topological polar surface area (TPSA) is 79.7 Å². The van der Waals surface area contributed by atoms with Gasteiger partial charge in [0.05, 0.1) is 24.4 Å². The van der Waals surface area contributed by atoms with Gasteiger partial charge in [0.2, 0.25) is 0 Å². The van der Waals surface area contributed by atoms with Gasteiger partial charge in [0.15, 0.2) is 6.04 Å². The number of nitrogens with zero attached hydrogens (tertiary/aromatic N) is 2. The first kappa shape index (κ1) is 16.5. The third kappa shape index (κ3) is 3.60. The normalized spacial score (nSPS) is 17.7. The summed E-state index contributed by atoms with van der Waals surface area (Å²) in [5.74, 6) is -1.74. The molecule has 1 N–H and O–H groups in total. The molecule has 0 aliphatic carbocycles. The molecule has 1 atom stereocenters. The molecule has 1 aromatic heterocycles. The molecule has 0 radical (unpaired) electrons. The number of amides is 1. The molecule has 6 nitrogen and oxygen atoms in total. The van der Waals surface area contributed by atoms with Crippen LogP contribution in [0.1, 0.15) is 20.2 Å². The lowest BCUT2D eigenvalue weighted by Gasteiger charge is -2.32. The van der Waals surface area contributed by atoms with Crippen molar-refractivity contribution in [1.82, 2.24) is 9.88 Å². The van der Waals surface area contributed by atoms with Gasteiger partial charge in [-0.1, -0.05) is 12.1 Å². The minimum absolute atomic E-state index is 0.0116. The van der Waals surface area contributed by atoms with Crippen molar-refractivity contribution in [2.45, 2.75) is 12.5 Å². The number of hydrogen-bond acceptors (Lipinski definition) is 5. The zero-order chi connectivity index (χ0) is 17.1. The van der Waals surface area contributed by atoms with Gasteiger partial charge in [-0.3, -0.25) is 4.79 Å². The molecule has 1 aliphatic rings. The van der Waals surface area contributed by atoms with E-state index in [0.29, 0.717) is 22.9 Å². The molecule has 0 spiro atoms. The van der Waals surface area contributed by atoms with E-state index in [2.05, 4.69) is 4.98 Å². The first-order chi connectivity index (χ1) is 11.5. The number of aromatic nitrogens is 1. The molecule has 0 bridgehead atoms. The fourth-order valence-corrected chi connectivity index (χ4v) is 3.37. The summed E-state index contributed by atoms with van der Waals surface area (Å²) in [5, 5.41) is 9.92. The Kier molecular flexibility index (Phi) is 4.86. The van der Waals surface area contributed by atoms with Gasteiger partial charge in [0.1, 0.15) is 10.7 Å². The minimum Gasteiger partial charge on any atom is -0.480 e. The first-order valence-electron chi connectivity index (χ1n) is 7.35. The number of carbonyl (C=O) groups excluding carboxylic acids is 1. The Balaban J connectivity index is 1.73. The zero-order valence-electron chi connectivity index (χ0n) is 12.6. The zero-order valence-corrected chi connectivity index (χ0v) is 13.5. The van der Waals surface area contributed by atoms with Gasteiger partial charge in [0, 0.05) is 13.0 Å². The van der Waals surface area contributed by atoms with Crippen molar-refractivity contribution in [3.05, 3.63) is 51.7 Å². The quantitative estimate of drug-likeness (QED) is 0.909. The predicted octanol–water partition coefficient (Wildman–Crippen LogP) is 1.80. The highest BCUT2D eigenvalue weighted by Crippen LogP contribution is 2.21. The predicted molar refractivity (Wildman–Crippen MR) is 84.6 cm³/mol. The molecule has 3 rings (SSSR count). The molecule has 0 saturated carbocycles. The van der Waals surface area contributed by atoms with Crippen LogP contribution in [0.15, 0.2) is 30.5 Å². The number of ether oxygens (including phenoxy) is 1. The van der Waals surface area contributed by atoms with Crippen LogP contribution in [0.25, 0.3) is 0 Å². The number of carboxylic acids is 1. The molecule has 1 saturated heterocycles. The van der Waals surface area contributed by atoms with Gasteiger partial charge in [-0.2, -0.15) is 0 Å². The van der Waals surface area contributed by atoms with Crippen LogP contribution in [0.4, 0.5) is 4.39 Å². The van der Waals surface area contributed by atoms with Crippen molar-refractivity contribution in [2.24, 2.45) is 0 Å². The van der Waals surface area contributed by atoms with Gasteiger partial charge in [-0.05, 0) is 17.7 Å². The Morgan fingerprint density at radius 2 is 2.12 bits per heavy atom. The second-order valence-corrected chi connectivity index (χ2v) is 6.46. The van der Waals surface area contributed by atoms with Crippen LogP contribution in [0, 0.1) is 5.82 Å². The number of carbonyl (C=O) groups is 2. The second-order valence-electron chi connectivity index (χ2n) is 5.35. The molecular formula is C16H15FN2O4S. The van der Waals surface area contributed by atoms with Crippen LogP contribution >= 0.6 is 11.3 Å². The number of hydrogen-bond donors (Lipinski definition) is 1. The SMILES string of the molecule is O=C(O)[C@H]1COCCN1C(=O)c1cnc(Cc2ccc(F)cc2)s1. The van der Waals surface area contributed by atoms with Crippen molar-refractivity contribution in [3.8, 4) is 0 Å². The van der Waals surface area contributed by atoms with Crippen molar-refractivity contribution < 1.29 is 23.8 Å². The van der Waals surface area contributed by atoms with Crippen LogP contribution in [-0.4, -0.2) is 52.7 Å². The van der Waals surface area contributed by atoms with Gasteiger partial charge in [0.25, 0.3) is 5.91 Å². The molecule has 2 aromatic rings. The van der Waals surface area contributed by atoms with Gasteiger partial charge in [-0.15, -0.1) is 11.3 Å². The highest BCUT2D eigenvalue weighted by Gasteiger charge is 2.34. The number of carboxylic acid groups (broad SMARTS) is 1. The Bertz CT molecular complexity index is 747. The standard InChI is InChI=1S/C16H15FN2O4S/c17-11-3-1-10(2-4-11)7-14-18-8-13(24-14)15(20)19-5-6-23-9-12(19)16(21)22/h1-4,8,12H,5-7,9H2,(H,21,22)/t12-/m1/s1. The first-order valence-corrected chi connectivity index (χ1v) is 8.17. The van der Waals surface area contributed by atoms with E-state index in [0.717, 1.165) is 5.56 Å². The smallest absolute Gasteiger partial charge is 0.328 e. The molecule has 8 heteroatoms. The highest BCUT2D eigenvalue weighted by atomic mass is 32.1. The van der Waals surface area contributed by atoms with Crippen molar-refractivity contribution in [2.75, 3.05) is 19.8 Å². The summed E-state index contributed by atoms with van der Waals surface area (Å²) in [5.41, 5.74) is 0.888. The monoisotopic (exact) mass is 350 g/mol. The van der Waals surface area contributed by atoms with Crippen LogP contribution in [0.3, 0.4) is 0 Å². The van der Waals surface area contributed by atoms with E-state index in [1.807, 2.05) is 0 Å². The second kappa shape index (κ2) is 7.06. The molecule has 1 fully saturated rings. The maximum atomic E-state index is 12.9. The van der Waals surface area contributed by atoms with E-state index < -0.39 is 12.0 Å². The number of benzene rings is 1. The average Bonchev–Trinajstić information content (AvgIpc) is 3.05. The van der Waals surface area contributed by atoms with E-state index in [4.69, 9.17) is 4.74 Å². The van der Waals surface area contributed by atoms with Crippen molar-refractivity contribution in [3.63, 3.8) is 0 Å². The molecule has 126 valence electrons. The van der Waals surface area contributed by atoms with Gasteiger partial charge >= 0.3 is 5.97 Å². The number of rotatable bonds is 4. The lowest BCUT2D eigenvalue weighted by atomic mass is 10.2. The number of thiazole rings is 1. The summed E-state index contributed by atoms with van der Waals surface area (Å²) in [7, 11) is 0. The average molecular weight is 350 g/mol. The van der Waals surface area contributed by atoms with Crippen LogP contribution < -0.4 is 0 Å². The van der Waals surface area contributed by atoms with Crippen LogP contribution in [0.5, 0.6) is 0 Å². The summed E-state index contributed by atoms with van der Waals surface area (Å²) in [6.07, 6.45) is 1.95. The molecular weight excluding hydrogens is 335 g/mol. The third-order valence-corrected chi connectivity index (χ3v) is 4.69. The number of morpholine rings is 1. The van der Waals surface area contributed by atoms with E-state index in [9.17, 15) is 19.1 Å². The Hall–Kier alpha value is -2.32. The Morgan fingerprint density at radius 3 is 2.83 bits per heavy atom. The molecule has 1 aliphatic heterocycles. The fourth-order valence-electron chi connectivity index (χ4n) is 2.46. The molecule has 24 heavy (non-hydrogen) atoms. The lowest BCUT2D eigenvalue weighted by Crippen LogP contribution is -2.52.